The van der Waals surface area contributed by atoms with Gasteiger partial charge in [0.15, 0.2) is 11.5 Å². The molecule has 33 heavy (non-hydrogen) atoms. The van der Waals surface area contributed by atoms with E-state index in [0.717, 1.165) is 5.56 Å². The van der Waals surface area contributed by atoms with Crippen molar-refractivity contribution in [2.45, 2.75) is 31.6 Å². The van der Waals surface area contributed by atoms with E-state index < -0.39 is 16.6 Å². The van der Waals surface area contributed by atoms with Crippen LogP contribution in [0.15, 0.2) is 48.5 Å². The zero-order chi connectivity index (χ0) is 23.8. The molecule has 1 saturated heterocycles. The van der Waals surface area contributed by atoms with Crippen molar-refractivity contribution in [3.63, 3.8) is 0 Å². The number of nitrogens with one attached hydrogen (secondary N) is 1. The molecule has 3 rings (SSSR count). The van der Waals surface area contributed by atoms with Gasteiger partial charge in [0.2, 0.25) is 15.9 Å². The number of hydrogen-bond acceptors (Lipinski definition) is 5. The summed E-state index contributed by atoms with van der Waals surface area (Å²) in [6.45, 7) is -2.03. The molecular weight excluding hydrogens is 454 g/mol. The Hall–Kier alpha value is -2.72. The number of sulfonamides is 1. The summed E-state index contributed by atoms with van der Waals surface area (Å²) in [7, 11) is -2.06. The molecule has 0 unspecified atom stereocenters. The number of carbonyl (C=O) groups excluding carboxylic acids is 1. The topological polar surface area (TPSA) is 84.9 Å². The third kappa shape index (κ3) is 7.13. The van der Waals surface area contributed by atoms with Crippen molar-refractivity contribution in [1.82, 2.24) is 9.62 Å². The van der Waals surface area contributed by atoms with Gasteiger partial charge in [-0.25, -0.2) is 12.7 Å². The predicted molar refractivity (Wildman–Crippen MR) is 120 cm³/mol. The van der Waals surface area contributed by atoms with E-state index in [1.54, 1.807) is 36.4 Å². The number of halogens is 2. The van der Waals surface area contributed by atoms with Gasteiger partial charge in [-0.05, 0) is 42.5 Å². The minimum Gasteiger partial charge on any atom is -0.493 e. The van der Waals surface area contributed by atoms with E-state index in [1.165, 1.54) is 17.5 Å². The molecule has 1 fully saturated rings. The van der Waals surface area contributed by atoms with Crippen LogP contribution < -0.4 is 14.8 Å². The zero-order valence-corrected chi connectivity index (χ0v) is 19.2. The van der Waals surface area contributed by atoms with Crippen molar-refractivity contribution in [1.29, 1.82) is 0 Å². The molecule has 0 radical (unpaired) electrons. The Morgan fingerprint density at radius 1 is 1.09 bits per heavy atom. The van der Waals surface area contributed by atoms with Crippen LogP contribution in [0.3, 0.4) is 0 Å². The molecule has 0 atom stereocenters. The van der Waals surface area contributed by atoms with Gasteiger partial charge in [-0.2, -0.15) is 8.78 Å². The van der Waals surface area contributed by atoms with Gasteiger partial charge in [0.1, 0.15) is 0 Å². The van der Waals surface area contributed by atoms with Crippen LogP contribution in [-0.4, -0.2) is 52.0 Å². The predicted octanol–water partition coefficient (Wildman–Crippen LogP) is 3.20. The van der Waals surface area contributed by atoms with Crippen LogP contribution in [0.1, 0.15) is 24.0 Å². The fraction of sp³-hybridized carbons (Fsp3) is 0.435. The smallest absolute Gasteiger partial charge is 0.387 e. The Morgan fingerprint density at radius 3 is 2.42 bits per heavy atom. The highest BCUT2D eigenvalue weighted by Crippen LogP contribution is 2.29. The summed E-state index contributed by atoms with van der Waals surface area (Å²) in [5.74, 6) is -0.295. The van der Waals surface area contributed by atoms with Crippen molar-refractivity contribution >= 4 is 15.9 Å². The Balaban J connectivity index is 1.46. The number of methoxy groups -OCH3 is 1. The van der Waals surface area contributed by atoms with Crippen molar-refractivity contribution in [2.24, 2.45) is 5.92 Å². The molecule has 7 nitrogen and oxygen atoms in total. The maximum atomic E-state index is 12.7. The molecule has 1 N–H and O–H groups in total. The van der Waals surface area contributed by atoms with Gasteiger partial charge < -0.3 is 14.8 Å². The van der Waals surface area contributed by atoms with E-state index in [4.69, 9.17) is 4.74 Å². The van der Waals surface area contributed by atoms with Gasteiger partial charge in [-0.3, -0.25) is 4.79 Å². The first-order valence-electron chi connectivity index (χ1n) is 10.7. The lowest BCUT2D eigenvalue weighted by Gasteiger charge is -2.30. The fourth-order valence-corrected chi connectivity index (χ4v) is 5.37. The molecule has 0 saturated carbocycles. The van der Waals surface area contributed by atoms with Crippen LogP contribution in [0.4, 0.5) is 8.78 Å². The van der Waals surface area contributed by atoms with Gasteiger partial charge in [-0.15, -0.1) is 0 Å². The summed E-state index contributed by atoms with van der Waals surface area (Å²) in [4.78, 5) is 12.5. The Morgan fingerprint density at radius 2 is 1.79 bits per heavy atom. The first-order valence-corrected chi connectivity index (χ1v) is 12.3. The number of amides is 1. The Kier molecular flexibility index (Phi) is 8.62. The number of alkyl halides is 2. The molecule has 1 aliphatic rings. The van der Waals surface area contributed by atoms with Crippen LogP contribution in [0.2, 0.25) is 0 Å². The summed E-state index contributed by atoms with van der Waals surface area (Å²) in [5.41, 5.74) is 1.45. The number of hydrogen-bond donors (Lipinski definition) is 1. The lowest BCUT2D eigenvalue weighted by molar-refractivity contribution is -0.126. The summed E-state index contributed by atoms with van der Waals surface area (Å²) < 4.78 is 61.4. The largest absolute Gasteiger partial charge is 0.493 e. The fourth-order valence-electron chi connectivity index (χ4n) is 3.81. The number of piperidine rings is 1. The number of nitrogens with zero attached hydrogens (tertiary/aromatic N) is 1. The number of ether oxygens (including phenoxy) is 2. The van der Waals surface area contributed by atoms with Gasteiger partial charge in [0.25, 0.3) is 0 Å². The molecule has 0 bridgehead atoms. The van der Waals surface area contributed by atoms with Gasteiger partial charge in [0.05, 0.1) is 12.9 Å². The second-order valence-electron chi connectivity index (χ2n) is 7.82. The minimum absolute atomic E-state index is 0.0518. The quantitative estimate of drug-likeness (QED) is 0.562. The lowest BCUT2D eigenvalue weighted by atomic mass is 9.97. The average molecular weight is 483 g/mol. The maximum Gasteiger partial charge on any atom is 0.387 e. The van der Waals surface area contributed by atoms with E-state index in [9.17, 15) is 22.0 Å². The van der Waals surface area contributed by atoms with E-state index >= 15 is 0 Å². The first-order chi connectivity index (χ1) is 15.8. The number of carbonyl (C=O) groups is 1. The van der Waals surface area contributed by atoms with Crippen molar-refractivity contribution in [3.05, 3.63) is 59.7 Å². The molecule has 2 aromatic rings. The third-order valence-electron chi connectivity index (χ3n) is 5.57. The van der Waals surface area contributed by atoms with Crippen molar-refractivity contribution in [3.8, 4) is 11.5 Å². The second kappa shape index (κ2) is 11.4. The van der Waals surface area contributed by atoms with E-state index in [-0.39, 0.29) is 29.1 Å². The lowest BCUT2D eigenvalue weighted by Crippen LogP contribution is -2.43. The van der Waals surface area contributed by atoms with E-state index in [2.05, 4.69) is 10.1 Å². The average Bonchev–Trinajstić information content (AvgIpc) is 2.79. The molecule has 0 spiro atoms. The number of benzene rings is 2. The van der Waals surface area contributed by atoms with Crippen LogP contribution >= 0.6 is 0 Å². The SMILES string of the molecule is COc1ccc(CCNC(=O)C2CCN(S(=O)(=O)Cc3ccccc3)CC2)cc1OC(F)F. The standard InChI is InChI=1S/C23H28F2N2O5S/c1-31-20-8-7-17(15-21(20)32-23(24)25)9-12-26-22(28)19-10-13-27(14-11-19)33(29,30)16-18-5-3-2-4-6-18/h2-8,15,19,23H,9-14,16H2,1H3,(H,26,28). The molecule has 1 aliphatic heterocycles. The monoisotopic (exact) mass is 482 g/mol. The van der Waals surface area contributed by atoms with Crippen LogP contribution in [-0.2, 0) is 27.0 Å². The highest BCUT2D eigenvalue weighted by atomic mass is 32.2. The summed E-state index contributed by atoms with van der Waals surface area (Å²) >= 11 is 0. The molecule has 0 aromatic heterocycles. The highest BCUT2D eigenvalue weighted by Gasteiger charge is 2.31. The first kappa shape index (κ1) is 24.9. The summed E-state index contributed by atoms with van der Waals surface area (Å²) in [6.07, 6.45) is 1.34. The summed E-state index contributed by atoms with van der Waals surface area (Å²) in [5, 5.41) is 2.86. The van der Waals surface area contributed by atoms with Gasteiger partial charge in [-0.1, -0.05) is 36.4 Å². The van der Waals surface area contributed by atoms with Crippen molar-refractivity contribution < 1.29 is 31.5 Å². The highest BCUT2D eigenvalue weighted by molar-refractivity contribution is 7.88. The van der Waals surface area contributed by atoms with Gasteiger partial charge >= 0.3 is 6.61 Å². The molecule has 180 valence electrons. The Bertz CT molecular complexity index is 1030. The maximum absolute atomic E-state index is 12.7. The Labute approximate surface area is 192 Å². The molecular formula is C23H28F2N2O5S. The van der Waals surface area contributed by atoms with E-state index in [0.29, 0.717) is 44.5 Å². The summed E-state index contributed by atoms with van der Waals surface area (Å²) in [6, 6.07) is 13.7. The normalized spacial score (nSPS) is 15.4. The van der Waals surface area contributed by atoms with Crippen LogP contribution in [0.5, 0.6) is 11.5 Å². The second-order valence-corrected chi connectivity index (χ2v) is 9.79. The van der Waals surface area contributed by atoms with Crippen molar-refractivity contribution in [2.75, 3.05) is 26.7 Å². The molecule has 1 heterocycles. The molecule has 10 heteroatoms. The minimum atomic E-state index is -3.43. The third-order valence-corrected chi connectivity index (χ3v) is 7.42. The van der Waals surface area contributed by atoms with Crippen LogP contribution in [0.25, 0.3) is 0 Å². The van der Waals surface area contributed by atoms with Crippen LogP contribution in [0, 0.1) is 5.92 Å². The van der Waals surface area contributed by atoms with Gasteiger partial charge in [0, 0.05) is 25.6 Å². The zero-order valence-electron chi connectivity index (χ0n) is 18.4. The molecule has 2 aromatic carbocycles. The molecule has 1 amide bonds. The molecule has 0 aliphatic carbocycles. The number of rotatable bonds is 10. The van der Waals surface area contributed by atoms with E-state index in [1.807, 2.05) is 6.07 Å².